The van der Waals surface area contributed by atoms with Gasteiger partial charge in [0.25, 0.3) is 0 Å². The molecule has 0 spiro atoms. The molecular weight excluding hydrogens is 464 g/mol. The Kier molecular flexibility index (Phi) is 14.8. The molecule has 4 nitrogen and oxygen atoms in total. The van der Waals surface area contributed by atoms with E-state index < -0.39 is 0 Å². The molecule has 0 N–H and O–H groups in total. The molecular formula is C14H23Br3N4. The highest BCUT2D eigenvalue weighted by Gasteiger charge is 1.95. The van der Waals surface area contributed by atoms with E-state index in [4.69, 9.17) is 0 Å². The Hall–Kier alpha value is -0.400. The van der Waals surface area contributed by atoms with Crippen LogP contribution in [0.2, 0.25) is 0 Å². The number of hydrogen-bond donors (Lipinski definition) is 0. The Bertz CT molecular complexity index is 498. The summed E-state index contributed by atoms with van der Waals surface area (Å²) in [5, 5.41) is 0. The van der Waals surface area contributed by atoms with Crippen molar-refractivity contribution in [1.29, 1.82) is 0 Å². The molecule has 2 aromatic heterocycles. The van der Waals surface area contributed by atoms with Crippen LogP contribution in [-0.4, -0.2) is 19.9 Å². The Morgan fingerprint density at radius 3 is 1.43 bits per heavy atom. The fourth-order valence-electron chi connectivity index (χ4n) is 0.920. The Morgan fingerprint density at radius 2 is 1.10 bits per heavy atom. The molecule has 0 aliphatic heterocycles. The van der Waals surface area contributed by atoms with Gasteiger partial charge in [-0.1, -0.05) is 22.3 Å². The molecule has 0 aliphatic rings. The highest BCUT2D eigenvalue weighted by molar-refractivity contribution is 9.11. The quantitative estimate of drug-likeness (QED) is 0.453. The van der Waals surface area contributed by atoms with Crippen molar-refractivity contribution in [3.8, 4) is 0 Å². The van der Waals surface area contributed by atoms with Crippen LogP contribution < -0.4 is 0 Å². The molecule has 0 bridgehead atoms. The van der Waals surface area contributed by atoms with Gasteiger partial charge in [-0.25, -0.2) is 9.97 Å². The Labute approximate surface area is 153 Å². The first-order valence-corrected chi connectivity index (χ1v) is 7.38. The molecule has 0 amide bonds. The lowest BCUT2D eigenvalue weighted by Gasteiger charge is -1.95. The second-order valence-electron chi connectivity index (χ2n) is 3.43. The van der Waals surface area contributed by atoms with E-state index in [-0.39, 0.29) is 22.3 Å². The SMILES string of the molecule is C.C.C.Cc1ncc(Br)nc1Br.Cc1ncc(Br)nc1C. The first kappa shape index (κ1) is 25.5. The summed E-state index contributed by atoms with van der Waals surface area (Å²) in [5.74, 6) is 0. The van der Waals surface area contributed by atoms with Gasteiger partial charge < -0.3 is 0 Å². The van der Waals surface area contributed by atoms with E-state index in [2.05, 4.69) is 67.7 Å². The second kappa shape index (κ2) is 12.2. The van der Waals surface area contributed by atoms with E-state index in [1.807, 2.05) is 20.8 Å². The zero-order chi connectivity index (χ0) is 13.7. The van der Waals surface area contributed by atoms with Crippen LogP contribution in [-0.2, 0) is 0 Å². The maximum atomic E-state index is 4.13. The number of nitrogens with zero attached hydrogens (tertiary/aromatic N) is 4. The van der Waals surface area contributed by atoms with E-state index in [9.17, 15) is 0 Å². The molecule has 0 radical (unpaired) electrons. The minimum atomic E-state index is 0. The minimum Gasteiger partial charge on any atom is -0.257 e. The van der Waals surface area contributed by atoms with Crippen molar-refractivity contribution in [3.05, 3.63) is 43.3 Å². The standard InChI is InChI=1S/C6H7BrN2.C5H4Br2N2.3CH4/c1-4-5(2)9-6(7)3-8-4;1-3-5(7)9-4(6)2-8-3;;;/h3H,1-2H3;2H,1H3;3*1H4. The number of aryl methyl sites for hydroxylation is 3. The fraction of sp³-hybridized carbons (Fsp3) is 0.429. The summed E-state index contributed by atoms with van der Waals surface area (Å²) in [6.07, 6.45) is 3.36. The van der Waals surface area contributed by atoms with Gasteiger partial charge in [0.05, 0.1) is 29.5 Å². The number of rotatable bonds is 0. The fourth-order valence-corrected chi connectivity index (χ4v) is 2.10. The lowest BCUT2D eigenvalue weighted by Crippen LogP contribution is -1.89. The second-order valence-corrected chi connectivity index (χ2v) is 5.81. The van der Waals surface area contributed by atoms with Crippen molar-refractivity contribution in [2.75, 3.05) is 0 Å². The van der Waals surface area contributed by atoms with Gasteiger partial charge in [-0.15, -0.1) is 0 Å². The molecule has 0 aliphatic carbocycles. The maximum absolute atomic E-state index is 4.13. The van der Waals surface area contributed by atoms with Gasteiger partial charge in [0, 0.05) is 0 Å². The van der Waals surface area contributed by atoms with Crippen molar-refractivity contribution < 1.29 is 0 Å². The summed E-state index contributed by atoms with van der Waals surface area (Å²) in [6.45, 7) is 5.77. The van der Waals surface area contributed by atoms with Gasteiger partial charge in [0.15, 0.2) is 0 Å². The molecule has 2 heterocycles. The Balaban J connectivity index is -0.000000270. The molecule has 0 aromatic carbocycles. The van der Waals surface area contributed by atoms with Gasteiger partial charge in [-0.2, -0.15) is 0 Å². The summed E-state index contributed by atoms with van der Waals surface area (Å²) < 4.78 is 2.34. The van der Waals surface area contributed by atoms with Crippen LogP contribution in [0.5, 0.6) is 0 Å². The molecule has 120 valence electrons. The number of hydrogen-bond acceptors (Lipinski definition) is 4. The van der Waals surface area contributed by atoms with E-state index in [1.165, 1.54) is 0 Å². The average molecular weight is 487 g/mol. The monoisotopic (exact) mass is 484 g/mol. The first-order chi connectivity index (χ1) is 8.40. The summed E-state index contributed by atoms with van der Waals surface area (Å²) in [4.78, 5) is 16.3. The minimum absolute atomic E-state index is 0. The zero-order valence-electron chi connectivity index (χ0n) is 10.1. The molecule has 0 unspecified atom stereocenters. The highest BCUT2D eigenvalue weighted by atomic mass is 79.9. The van der Waals surface area contributed by atoms with E-state index >= 15 is 0 Å². The molecule has 2 aromatic rings. The van der Waals surface area contributed by atoms with E-state index in [1.54, 1.807) is 12.4 Å². The van der Waals surface area contributed by atoms with Crippen molar-refractivity contribution in [2.24, 2.45) is 0 Å². The molecule has 0 atom stereocenters. The summed E-state index contributed by atoms with van der Waals surface area (Å²) in [7, 11) is 0. The third-order valence-corrected chi connectivity index (χ3v) is 3.55. The molecule has 0 saturated carbocycles. The Morgan fingerprint density at radius 1 is 0.667 bits per heavy atom. The largest absolute Gasteiger partial charge is 0.257 e. The van der Waals surface area contributed by atoms with Crippen LogP contribution in [0.1, 0.15) is 39.4 Å². The average Bonchev–Trinajstić information content (AvgIpc) is 2.30. The van der Waals surface area contributed by atoms with Gasteiger partial charge in [0.2, 0.25) is 0 Å². The molecule has 7 heteroatoms. The molecule has 2 rings (SSSR count). The van der Waals surface area contributed by atoms with Crippen LogP contribution in [0, 0.1) is 20.8 Å². The predicted octanol–water partition coefficient (Wildman–Crippen LogP) is 6.07. The zero-order valence-corrected chi connectivity index (χ0v) is 14.8. The normalized spacial score (nSPS) is 8.29. The maximum Gasteiger partial charge on any atom is 0.128 e. The highest BCUT2D eigenvalue weighted by Crippen LogP contribution is 2.12. The van der Waals surface area contributed by atoms with Crippen LogP contribution in [0.25, 0.3) is 0 Å². The van der Waals surface area contributed by atoms with E-state index in [0.717, 1.165) is 30.9 Å². The predicted molar refractivity (Wildman–Crippen MR) is 102 cm³/mol. The van der Waals surface area contributed by atoms with E-state index in [0.29, 0.717) is 0 Å². The molecule has 0 saturated heterocycles. The first-order valence-electron chi connectivity index (χ1n) is 5.00. The van der Waals surface area contributed by atoms with Crippen LogP contribution in [0.15, 0.2) is 26.2 Å². The van der Waals surface area contributed by atoms with Gasteiger partial charge >= 0.3 is 0 Å². The lowest BCUT2D eigenvalue weighted by molar-refractivity contribution is 1.03. The van der Waals surface area contributed by atoms with Crippen molar-refractivity contribution in [2.45, 2.75) is 43.1 Å². The number of halogens is 3. The third kappa shape index (κ3) is 9.26. The summed E-state index contributed by atoms with van der Waals surface area (Å²) >= 11 is 9.66. The van der Waals surface area contributed by atoms with Crippen molar-refractivity contribution >= 4 is 47.8 Å². The van der Waals surface area contributed by atoms with Crippen LogP contribution in [0.4, 0.5) is 0 Å². The van der Waals surface area contributed by atoms with Gasteiger partial charge in [-0.3, -0.25) is 9.97 Å². The third-order valence-electron chi connectivity index (χ3n) is 2.03. The topological polar surface area (TPSA) is 51.6 Å². The van der Waals surface area contributed by atoms with Crippen LogP contribution in [0.3, 0.4) is 0 Å². The van der Waals surface area contributed by atoms with Crippen LogP contribution >= 0.6 is 47.8 Å². The lowest BCUT2D eigenvalue weighted by atomic mass is 10.4. The number of aromatic nitrogens is 4. The molecule has 0 fully saturated rings. The van der Waals surface area contributed by atoms with Gasteiger partial charge in [0.1, 0.15) is 13.8 Å². The molecule has 21 heavy (non-hydrogen) atoms. The van der Waals surface area contributed by atoms with Crippen molar-refractivity contribution in [3.63, 3.8) is 0 Å². The van der Waals surface area contributed by atoms with Gasteiger partial charge in [-0.05, 0) is 68.6 Å². The summed E-state index contributed by atoms with van der Waals surface area (Å²) in [5.41, 5.74) is 2.86. The smallest absolute Gasteiger partial charge is 0.128 e. The van der Waals surface area contributed by atoms with Crippen molar-refractivity contribution in [1.82, 2.24) is 19.9 Å². The summed E-state index contributed by atoms with van der Waals surface area (Å²) in [6, 6.07) is 0.